The second-order valence-electron chi connectivity index (χ2n) is 9.19. The zero-order valence-corrected chi connectivity index (χ0v) is 23.2. The number of rotatable bonds is 13. The van der Waals surface area contributed by atoms with Crippen LogP contribution >= 0.6 is 0 Å². The van der Waals surface area contributed by atoms with Crippen LogP contribution in [-0.2, 0) is 27.3 Å². The van der Waals surface area contributed by atoms with E-state index < -0.39 is 23.8 Å². The van der Waals surface area contributed by atoms with E-state index in [2.05, 4.69) is 16.0 Å². The maximum Gasteiger partial charge on any atom is 0.323 e. The molecule has 3 rings (SSSR count). The van der Waals surface area contributed by atoms with E-state index in [1.807, 2.05) is 25.1 Å². The lowest BCUT2D eigenvalue weighted by molar-refractivity contribution is -0.139. The minimum absolute atomic E-state index is 0.000848. The summed E-state index contributed by atoms with van der Waals surface area (Å²) in [4.78, 5) is 50.5. The molecule has 0 aliphatic rings. The molecule has 0 unspecified atom stereocenters. The van der Waals surface area contributed by atoms with Crippen LogP contribution in [0.1, 0.15) is 23.1 Å². The summed E-state index contributed by atoms with van der Waals surface area (Å²) in [7, 11) is 3.00. The standard InChI is InChI=1S/C30H34N4O7/c1-20-6-4-5-7-24(20)32-30(39)33-25-13-10-22(16-26(25)41-3)17-27(35)31-18-28(36)34(15-14-29(37)38)19-21-8-11-23(40-2)12-9-21/h4-13,16H,14-15,17-19H2,1-3H3,(H,31,35)(H,37,38)(H2,32,33,39). The number of amides is 4. The Morgan fingerprint density at radius 2 is 1.54 bits per heavy atom. The lowest BCUT2D eigenvalue weighted by atomic mass is 10.1. The summed E-state index contributed by atoms with van der Waals surface area (Å²) >= 11 is 0. The molecule has 0 saturated carbocycles. The van der Waals surface area contributed by atoms with E-state index >= 15 is 0 Å². The number of carbonyl (C=O) groups is 4. The van der Waals surface area contributed by atoms with Gasteiger partial charge in [0, 0.05) is 18.8 Å². The molecule has 0 radical (unpaired) electrons. The van der Waals surface area contributed by atoms with E-state index in [0.29, 0.717) is 28.4 Å². The normalized spacial score (nSPS) is 10.3. The summed E-state index contributed by atoms with van der Waals surface area (Å²) < 4.78 is 10.5. The Hall–Kier alpha value is -5.06. The molecule has 11 heteroatoms. The molecule has 0 aliphatic carbocycles. The second kappa shape index (κ2) is 14.9. The molecule has 0 fully saturated rings. The number of ether oxygens (including phenoxy) is 2. The van der Waals surface area contributed by atoms with Gasteiger partial charge in [0.05, 0.1) is 39.3 Å². The number of nitrogens with zero attached hydrogens (tertiary/aromatic N) is 1. The highest BCUT2D eigenvalue weighted by atomic mass is 16.5. The van der Waals surface area contributed by atoms with Crippen LogP contribution in [0.15, 0.2) is 66.7 Å². The van der Waals surface area contributed by atoms with Crippen LogP contribution in [0.25, 0.3) is 0 Å². The lowest BCUT2D eigenvalue weighted by Gasteiger charge is -2.22. The molecule has 0 spiro atoms. The number of hydrogen-bond acceptors (Lipinski definition) is 6. The van der Waals surface area contributed by atoms with Gasteiger partial charge in [0.15, 0.2) is 0 Å². The number of benzene rings is 3. The fourth-order valence-electron chi connectivity index (χ4n) is 3.95. The van der Waals surface area contributed by atoms with E-state index in [0.717, 1.165) is 11.1 Å². The lowest BCUT2D eigenvalue weighted by Crippen LogP contribution is -2.41. The molecule has 11 nitrogen and oxygen atoms in total. The fraction of sp³-hybridized carbons (Fsp3) is 0.267. The molecule has 0 bridgehead atoms. The number of para-hydroxylation sites is 1. The third kappa shape index (κ3) is 9.57. The van der Waals surface area contributed by atoms with Crippen LogP contribution < -0.4 is 25.4 Å². The number of aryl methyl sites for hydroxylation is 1. The first-order valence-electron chi connectivity index (χ1n) is 12.9. The van der Waals surface area contributed by atoms with Gasteiger partial charge in [0.25, 0.3) is 0 Å². The Morgan fingerprint density at radius 1 is 0.854 bits per heavy atom. The number of carbonyl (C=O) groups excluding carboxylic acids is 3. The monoisotopic (exact) mass is 562 g/mol. The molecule has 0 aliphatic heterocycles. The van der Waals surface area contributed by atoms with Gasteiger partial charge in [-0.15, -0.1) is 0 Å². The van der Waals surface area contributed by atoms with E-state index in [-0.39, 0.29) is 32.5 Å². The van der Waals surface area contributed by atoms with Crippen molar-refractivity contribution in [2.24, 2.45) is 0 Å². The maximum atomic E-state index is 12.9. The number of aliphatic carboxylic acids is 1. The summed E-state index contributed by atoms with van der Waals surface area (Å²) in [5, 5.41) is 17.2. The number of anilines is 2. The minimum Gasteiger partial charge on any atom is -0.497 e. The number of carboxylic acid groups (broad SMARTS) is 1. The van der Waals surface area contributed by atoms with Gasteiger partial charge in [-0.25, -0.2) is 4.79 Å². The van der Waals surface area contributed by atoms with Gasteiger partial charge in [0.1, 0.15) is 11.5 Å². The first-order valence-corrected chi connectivity index (χ1v) is 12.9. The average Bonchev–Trinajstić information content (AvgIpc) is 2.96. The van der Waals surface area contributed by atoms with E-state index in [1.54, 1.807) is 55.6 Å². The van der Waals surface area contributed by atoms with E-state index in [1.165, 1.54) is 12.0 Å². The predicted molar refractivity (Wildman–Crippen MR) is 154 cm³/mol. The molecular weight excluding hydrogens is 528 g/mol. The molecule has 0 saturated heterocycles. The number of nitrogens with one attached hydrogen (secondary N) is 3. The topological polar surface area (TPSA) is 146 Å². The van der Waals surface area contributed by atoms with Crippen molar-refractivity contribution < 1.29 is 33.8 Å². The molecule has 4 N–H and O–H groups in total. The van der Waals surface area contributed by atoms with Crippen molar-refractivity contribution in [1.29, 1.82) is 0 Å². The Morgan fingerprint density at radius 3 is 2.20 bits per heavy atom. The summed E-state index contributed by atoms with van der Waals surface area (Å²) in [6.07, 6.45) is -0.258. The highest BCUT2D eigenvalue weighted by molar-refractivity contribution is 6.01. The van der Waals surface area contributed by atoms with Crippen molar-refractivity contribution in [3.8, 4) is 11.5 Å². The van der Waals surface area contributed by atoms with Crippen molar-refractivity contribution in [1.82, 2.24) is 10.2 Å². The maximum absolute atomic E-state index is 12.9. The minimum atomic E-state index is -1.03. The number of hydrogen-bond donors (Lipinski definition) is 4. The summed E-state index contributed by atoms with van der Waals surface area (Å²) in [5.74, 6) is -0.810. The molecule has 0 atom stereocenters. The van der Waals surface area contributed by atoms with Crippen LogP contribution in [-0.4, -0.2) is 61.1 Å². The Kier molecular flexibility index (Phi) is 11.1. The Balaban J connectivity index is 1.57. The Labute approximate surface area is 238 Å². The first-order chi connectivity index (χ1) is 19.7. The zero-order chi connectivity index (χ0) is 29.8. The quantitative estimate of drug-likeness (QED) is 0.248. The molecule has 0 aromatic heterocycles. The predicted octanol–water partition coefficient (Wildman–Crippen LogP) is 3.82. The van der Waals surface area contributed by atoms with Gasteiger partial charge in [0.2, 0.25) is 11.8 Å². The molecule has 0 heterocycles. The van der Waals surface area contributed by atoms with Gasteiger partial charge < -0.3 is 35.4 Å². The third-order valence-electron chi connectivity index (χ3n) is 6.19. The SMILES string of the molecule is COc1ccc(CN(CCC(=O)O)C(=O)CNC(=O)Cc2ccc(NC(=O)Nc3ccccc3C)c(OC)c2)cc1. The van der Waals surface area contributed by atoms with Gasteiger partial charge in [-0.2, -0.15) is 0 Å². The number of methoxy groups -OCH3 is 2. The van der Waals surface area contributed by atoms with E-state index in [9.17, 15) is 19.2 Å². The zero-order valence-electron chi connectivity index (χ0n) is 23.2. The molecule has 4 amide bonds. The summed E-state index contributed by atoms with van der Waals surface area (Å²) in [6, 6.07) is 19.0. The number of carboxylic acids is 1. The average molecular weight is 563 g/mol. The number of urea groups is 1. The van der Waals surface area contributed by atoms with Crippen LogP contribution in [0.5, 0.6) is 11.5 Å². The largest absolute Gasteiger partial charge is 0.497 e. The molecule has 3 aromatic rings. The van der Waals surface area contributed by atoms with Crippen LogP contribution in [0.2, 0.25) is 0 Å². The first kappa shape index (κ1) is 30.5. The van der Waals surface area contributed by atoms with Gasteiger partial charge >= 0.3 is 12.0 Å². The highest BCUT2D eigenvalue weighted by Crippen LogP contribution is 2.26. The molecule has 3 aromatic carbocycles. The van der Waals surface area contributed by atoms with Crippen molar-refractivity contribution in [3.05, 3.63) is 83.4 Å². The summed E-state index contributed by atoms with van der Waals surface area (Å²) in [6.45, 7) is 1.79. The fourth-order valence-corrected chi connectivity index (χ4v) is 3.95. The van der Waals surface area contributed by atoms with Crippen LogP contribution in [0.4, 0.5) is 16.2 Å². The van der Waals surface area contributed by atoms with Gasteiger partial charge in [-0.1, -0.05) is 36.4 Å². The van der Waals surface area contributed by atoms with Crippen molar-refractivity contribution in [3.63, 3.8) is 0 Å². The molecular formula is C30H34N4O7. The molecule has 216 valence electrons. The van der Waals surface area contributed by atoms with E-state index in [4.69, 9.17) is 14.6 Å². The second-order valence-corrected chi connectivity index (χ2v) is 9.19. The highest BCUT2D eigenvalue weighted by Gasteiger charge is 2.17. The van der Waals surface area contributed by atoms with Gasteiger partial charge in [-0.3, -0.25) is 14.4 Å². The third-order valence-corrected chi connectivity index (χ3v) is 6.19. The van der Waals surface area contributed by atoms with Crippen molar-refractivity contribution >= 4 is 35.2 Å². The Bertz CT molecular complexity index is 1380. The van der Waals surface area contributed by atoms with Crippen molar-refractivity contribution in [2.45, 2.75) is 26.3 Å². The smallest absolute Gasteiger partial charge is 0.323 e. The summed E-state index contributed by atoms with van der Waals surface area (Å²) in [5.41, 5.74) is 3.42. The van der Waals surface area contributed by atoms with Gasteiger partial charge in [-0.05, 0) is 53.9 Å². The molecule has 41 heavy (non-hydrogen) atoms. The van der Waals surface area contributed by atoms with Crippen LogP contribution in [0.3, 0.4) is 0 Å². The van der Waals surface area contributed by atoms with Crippen LogP contribution in [0, 0.1) is 6.92 Å². The van der Waals surface area contributed by atoms with Crippen molar-refractivity contribution in [2.75, 3.05) is 37.9 Å².